The lowest BCUT2D eigenvalue weighted by Gasteiger charge is -2.01. The third-order valence-electron chi connectivity index (χ3n) is 1.87. The number of rotatable bonds is 1. The Balaban J connectivity index is 2.85. The summed E-state index contributed by atoms with van der Waals surface area (Å²) in [7, 11) is 0. The molecule has 0 aliphatic carbocycles. The van der Waals surface area contributed by atoms with Crippen LogP contribution in [0.1, 0.15) is 5.56 Å². The smallest absolute Gasteiger partial charge is 0.0499 e. The molecule has 0 saturated carbocycles. The van der Waals surface area contributed by atoms with Crippen molar-refractivity contribution in [2.24, 2.45) is 0 Å². The first-order valence-corrected chi connectivity index (χ1v) is 6.92. The quantitative estimate of drug-likeness (QED) is 0.477. The number of thiophene rings is 1. The average Bonchev–Trinajstić information content (AvgIpc) is 2.48. The topological polar surface area (TPSA) is 0 Å². The van der Waals surface area contributed by atoms with Crippen molar-refractivity contribution in [3.05, 3.63) is 31.1 Å². The second-order valence-electron chi connectivity index (χ2n) is 2.62. The van der Waals surface area contributed by atoms with Crippen molar-refractivity contribution in [1.82, 2.24) is 0 Å². The third kappa shape index (κ3) is 1.76. The molecule has 0 bridgehead atoms. The SMILES string of the molecule is ClCc1c(Br)ccc2c(I)csc12. The first-order valence-electron chi connectivity index (χ1n) is 3.64. The molecule has 1 aromatic carbocycles. The summed E-state index contributed by atoms with van der Waals surface area (Å²) in [6.07, 6.45) is 0. The van der Waals surface area contributed by atoms with Gasteiger partial charge < -0.3 is 0 Å². The van der Waals surface area contributed by atoms with Gasteiger partial charge in [0.05, 0.1) is 0 Å². The van der Waals surface area contributed by atoms with E-state index < -0.39 is 0 Å². The van der Waals surface area contributed by atoms with Crippen LogP contribution in [0.25, 0.3) is 10.1 Å². The van der Waals surface area contributed by atoms with Crippen LogP contribution in [0.4, 0.5) is 0 Å². The van der Waals surface area contributed by atoms with Crippen molar-refractivity contribution < 1.29 is 0 Å². The van der Waals surface area contributed by atoms with E-state index in [1.54, 1.807) is 11.3 Å². The Labute approximate surface area is 108 Å². The van der Waals surface area contributed by atoms with Crippen LogP contribution in [0.15, 0.2) is 22.0 Å². The first kappa shape index (κ1) is 10.2. The summed E-state index contributed by atoms with van der Waals surface area (Å²) in [4.78, 5) is 0. The van der Waals surface area contributed by atoms with Gasteiger partial charge in [0.15, 0.2) is 0 Å². The maximum Gasteiger partial charge on any atom is 0.0499 e. The number of hydrogen-bond donors (Lipinski definition) is 0. The maximum absolute atomic E-state index is 5.89. The molecule has 0 aliphatic rings. The lowest BCUT2D eigenvalue weighted by atomic mass is 10.2. The highest BCUT2D eigenvalue weighted by Gasteiger charge is 2.08. The van der Waals surface area contributed by atoms with Gasteiger partial charge in [-0.3, -0.25) is 0 Å². The first-order chi connectivity index (χ1) is 6.24. The highest BCUT2D eigenvalue weighted by Crippen LogP contribution is 2.34. The molecule has 0 unspecified atom stereocenters. The van der Waals surface area contributed by atoms with Crippen LogP contribution in [0.2, 0.25) is 0 Å². The fourth-order valence-electron chi connectivity index (χ4n) is 1.23. The molecular weight excluding hydrogens is 382 g/mol. The van der Waals surface area contributed by atoms with Crippen molar-refractivity contribution in [1.29, 1.82) is 0 Å². The van der Waals surface area contributed by atoms with Crippen LogP contribution in [0.3, 0.4) is 0 Å². The van der Waals surface area contributed by atoms with E-state index in [-0.39, 0.29) is 0 Å². The number of benzene rings is 1. The van der Waals surface area contributed by atoms with Crippen molar-refractivity contribution in [3.8, 4) is 0 Å². The summed E-state index contributed by atoms with van der Waals surface area (Å²) in [6.45, 7) is 0. The molecule has 0 atom stereocenters. The predicted molar refractivity (Wildman–Crippen MR) is 71.8 cm³/mol. The van der Waals surface area contributed by atoms with Gasteiger partial charge in [0, 0.05) is 29.4 Å². The molecule has 0 radical (unpaired) electrons. The Bertz CT molecular complexity index is 452. The van der Waals surface area contributed by atoms with Gasteiger partial charge in [-0.25, -0.2) is 0 Å². The minimum atomic E-state index is 0.564. The standard InChI is InChI=1S/C9H5BrClIS/c10-7-2-1-5-8(12)4-13-9(5)6(7)3-11/h1-2,4H,3H2. The van der Waals surface area contributed by atoms with Crippen LogP contribution in [-0.4, -0.2) is 0 Å². The number of alkyl halides is 1. The van der Waals surface area contributed by atoms with E-state index >= 15 is 0 Å². The van der Waals surface area contributed by atoms with Crippen LogP contribution in [0.5, 0.6) is 0 Å². The van der Waals surface area contributed by atoms with Gasteiger partial charge in [-0.05, 0) is 34.2 Å². The van der Waals surface area contributed by atoms with Crippen LogP contribution >= 0.6 is 61.5 Å². The second-order valence-corrected chi connectivity index (χ2v) is 5.78. The van der Waals surface area contributed by atoms with E-state index in [1.807, 2.05) is 0 Å². The van der Waals surface area contributed by atoms with Gasteiger partial charge >= 0.3 is 0 Å². The Morgan fingerprint density at radius 1 is 1.46 bits per heavy atom. The minimum Gasteiger partial charge on any atom is -0.142 e. The van der Waals surface area contributed by atoms with E-state index in [0.717, 1.165) is 4.47 Å². The zero-order chi connectivity index (χ0) is 9.42. The van der Waals surface area contributed by atoms with Crippen molar-refractivity contribution >= 4 is 71.5 Å². The molecule has 0 amide bonds. The van der Waals surface area contributed by atoms with Gasteiger partial charge in [0.1, 0.15) is 0 Å². The molecular formula is C9H5BrClIS. The third-order valence-corrected chi connectivity index (χ3v) is 5.26. The zero-order valence-corrected chi connectivity index (χ0v) is 11.8. The molecule has 68 valence electrons. The summed E-state index contributed by atoms with van der Waals surface area (Å²) in [6, 6.07) is 4.20. The van der Waals surface area contributed by atoms with E-state index in [1.165, 1.54) is 19.2 Å². The lowest BCUT2D eigenvalue weighted by molar-refractivity contribution is 1.43. The molecule has 1 heterocycles. The monoisotopic (exact) mass is 386 g/mol. The van der Waals surface area contributed by atoms with E-state index in [0.29, 0.717) is 5.88 Å². The van der Waals surface area contributed by atoms with Crippen LogP contribution < -0.4 is 0 Å². The van der Waals surface area contributed by atoms with Crippen molar-refractivity contribution in [3.63, 3.8) is 0 Å². The molecule has 0 fully saturated rings. The molecule has 13 heavy (non-hydrogen) atoms. The summed E-state index contributed by atoms with van der Waals surface area (Å²) < 4.78 is 3.71. The Hall–Kier alpha value is 0.680. The maximum atomic E-state index is 5.89. The van der Waals surface area contributed by atoms with E-state index in [9.17, 15) is 0 Å². The van der Waals surface area contributed by atoms with Gasteiger partial charge in [0.25, 0.3) is 0 Å². The molecule has 0 aliphatic heterocycles. The average molecular weight is 387 g/mol. The molecule has 2 rings (SSSR count). The molecule has 2 aromatic rings. The van der Waals surface area contributed by atoms with Gasteiger partial charge in [-0.1, -0.05) is 22.0 Å². The molecule has 0 N–H and O–H groups in total. The zero-order valence-electron chi connectivity index (χ0n) is 6.48. The Kier molecular flexibility index (Phi) is 3.18. The number of halogens is 3. The number of hydrogen-bond acceptors (Lipinski definition) is 1. The van der Waals surface area contributed by atoms with Gasteiger partial charge in [0.2, 0.25) is 0 Å². The normalized spacial score (nSPS) is 11.0. The lowest BCUT2D eigenvalue weighted by Crippen LogP contribution is -1.80. The molecule has 0 spiro atoms. The van der Waals surface area contributed by atoms with Gasteiger partial charge in [-0.15, -0.1) is 22.9 Å². The van der Waals surface area contributed by atoms with Crippen molar-refractivity contribution in [2.75, 3.05) is 0 Å². The second kappa shape index (κ2) is 4.04. The van der Waals surface area contributed by atoms with Gasteiger partial charge in [-0.2, -0.15) is 0 Å². The van der Waals surface area contributed by atoms with Crippen LogP contribution in [-0.2, 0) is 5.88 Å². The summed E-state index contributed by atoms with van der Waals surface area (Å²) >= 11 is 13.5. The highest BCUT2D eigenvalue weighted by molar-refractivity contribution is 14.1. The van der Waals surface area contributed by atoms with E-state index in [2.05, 4.69) is 56.0 Å². The molecule has 0 nitrogen and oxygen atoms in total. The highest BCUT2D eigenvalue weighted by atomic mass is 127. The largest absolute Gasteiger partial charge is 0.142 e. The molecule has 0 saturated heterocycles. The fraction of sp³-hybridized carbons (Fsp3) is 0.111. The van der Waals surface area contributed by atoms with Crippen molar-refractivity contribution in [2.45, 2.75) is 5.88 Å². The summed E-state index contributed by atoms with van der Waals surface area (Å²) in [5.41, 5.74) is 1.20. The van der Waals surface area contributed by atoms with Crippen LogP contribution in [0, 0.1) is 3.57 Å². The van der Waals surface area contributed by atoms with E-state index in [4.69, 9.17) is 11.6 Å². The number of fused-ring (bicyclic) bond motifs is 1. The Morgan fingerprint density at radius 3 is 2.92 bits per heavy atom. The Morgan fingerprint density at radius 2 is 2.23 bits per heavy atom. The summed E-state index contributed by atoms with van der Waals surface area (Å²) in [5.74, 6) is 0.564. The molecule has 1 aromatic heterocycles. The minimum absolute atomic E-state index is 0.564. The molecule has 4 heteroatoms. The summed E-state index contributed by atoms with van der Waals surface area (Å²) in [5, 5.41) is 3.47. The fourth-order valence-corrected chi connectivity index (χ4v) is 4.34. The predicted octanol–water partition coefficient (Wildman–Crippen LogP) is 5.01.